The highest BCUT2D eigenvalue weighted by molar-refractivity contribution is 5.95. The fraction of sp³-hybridized carbons (Fsp3) is 0.595. The van der Waals surface area contributed by atoms with Gasteiger partial charge < -0.3 is 25.0 Å². The maximum Gasteiger partial charge on any atom is 0.337 e. The number of amides is 2. The third-order valence-corrected chi connectivity index (χ3v) is 7.93. The molecule has 49 heavy (non-hydrogen) atoms. The van der Waals surface area contributed by atoms with E-state index in [0.29, 0.717) is 37.0 Å². The SMILES string of the molecule is CC#CCOc1ccc(C[C@H](NC(=O)[C@@H](C=CCCCCCCC(=O)CCCCCCC)[C@@](O)(CC(=O)NOC)C(=O)O)C(=O)OC)cc1. The Morgan fingerprint density at radius 3 is 2.14 bits per heavy atom. The Morgan fingerprint density at radius 2 is 1.57 bits per heavy atom. The Kier molecular flexibility index (Phi) is 21.7. The lowest BCUT2D eigenvalue weighted by molar-refractivity contribution is -0.171. The Labute approximate surface area is 290 Å². The first-order valence-electron chi connectivity index (χ1n) is 17.0. The van der Waals surface area contributed by atoms with Crippen LogP contribution in [-0.2, 0) is 40.0 Å². The number of ketones is 1. The van der Waals surface area contributed by atoms with Gasteiger partial charge in [-0.1, -0.05) is 75.7 Å². The van der Waals surface area contributed by atoms with Crippen molar-refractivity contribution in [2.24, 2.45) is 5.92 Å². The van der Waals surface area contributed by atoms with E-state index in [2.05, 4.69) is 28.9 Å². The van der Waals surface area contributed by atoms with E-state index < -0.39 is 47.7 Å². The molecule has 0 unspecified atom stereocenters. The molecule has 0 aromatic heterocycles. The van der Waals surface area contributed by atoms with Crippen LogP contribution in [0.5, 0.6) is 5.75 Å². The summed E-state index contributed by atoms with van der Waals surface area (Å²) in [5, 5.41) is 23.8. The van der Waals surface area contributed by atoms with Crippen LogP contribution in [0.2, 0.25) is 0 Å². The number of carboxylic acids is 1. The minimum absolute atomic E-state index is 0.0130. The van der Waals surface area contributed by atoms with E-state index >= 15 is 0 Å². The van der Waals surface area contributed by atoms with E-state index in [9.17, 15) is 34.2 Å². The largest absolute Gasteiger partial charge is 0.481 e. The maximum atomic E-state index is 13.6. The molecule has 1 aromatic rings. The van der Waals surface area contributed by atoms with Crippen LogP contribution in [0, 0.1) is 17.8 Å². The van der Waals surface area contributed by atoms with Gasteiger partial charge in [0.05, 0.1) is 26.6 Å². The number of unbranched alkanes of at least 4 members (excludes halogenated alkanes) is 8. The zero-order chi connectivity index (χ0) is 36.5. The van der Waals surface area contributed by atoms with Gasteiger partial charge in [0, 0.05) is 19.3 Å². The number of Topliss-reactive ketones (excluding diaryl/α,β-unsaturated/α-hetero) is 1. The predicted octanol–water partition coefficient (Wildman–Crippen LogP) is 4.62. The molecule has 0 saturated carbocycles. The molecule has 0 heterocycles. The number of methoxy groups -OCH3 is 1. The number of benzene rings is 1. The van der Waals surface area contributed by atoms with Crippen molar-refractivity contribution in [2.45, 2.75) is 115 Å². The van der Waals surface area contributed by atoms with Crippen LogP contribution < -0.4 is 15.5 Å². The number of allylic oxidation sites excluding steroid dienone is 1. The Bertz CT molecular complexity index is 1270. The van der Waals surface area contributed by atoms with Gasteiger partial charge in [0.2, 0.25) is 11.8 Å². The number of aliphatic carboxylic acids is 1. The number of hydrogen-bond donors (Lipinski definition) is 4. The number of carbonyl (C=O) groups is 5. The van der Waals surface area contributed by atoms with Crippen molar-refractivity contribution in [3.8, 4) is 17.6 Å². The highest BCUT2D eigenvalue weighted by Gasteiger charge is 2.49. The third-order valence-electron chi connectivity index (χ3n) is 7.93. The minimum Gasteiger partial charge on any atom is -0.481 e. The standard InChI is InChI=1S/C37H54N2O10/c1-5-7-9-12-15-18-29(40)19-16-13-10-11-14-17-20-31(37(46,36(44)45)27-33(41)39-48-4)34(42)38-32(35(43)47-3)26-28-21-23-30(24-22-28)49-25-8-6-2/h17,20-24,31-32,46H,5,7,9-16,18-19,25-27H2,1-4H3,(H,38,42)(H,39,41)(H,44,45)/t31-,32+,37+/m1/s1. The summed E-state index contributed by atoms with van der Waals surface area (Å²) >= 11 is 0. The normalized spacial score (nSPS) is 13.3. The summed E-state index contributed by atoms with van der Waals surface area (Å²) in [6.45, 7) is 4.06. The summed E-state index contributed by atoms with van der Waals surface area (Å²) < 4.78 is 10.4. The molecule has 2 amide bonds. The summed E-state index contributed by atoms with van der Waals surface area (Å²) in [6.07, 6.45) is 12.1. The van der Waals surface area contributed by atoms with Gasteiger partial charge in [-0.2, -0.15) is 0 Å². The van der Waals surface area contributed by atoms with Crippen molar-refractivity contribution in [1.29, 1.82) is 0 Å². The van der Waals surface area contributed by atoms with Crippen LogP contribution >= 0.6 is 0 Å². The number of hydroxylamine groups is 1. The monoisotopic (exact) mass is 686 g/mol. The summed E-state index contributed by atoms with van der Waals surface area (Å²) in [5.74, 6) is 0.0350. The fourth-order valence-electron chi connectivity index (χ4n) is 5.14. The molecule has 0 spiro atoms. The molecule has 1 rings (SSSR count). The highest BCUT2D eigenvalue weighted by atomic mass is 16.6. The van der Waals surface area contributed by atoms with Crippen molar-refractivity contribution in [3.05, 3.63) is 42.0 Å². The van der Waals surface area contributed by atoms with Gasteiger partial charge in [-0.25, -0.2) is 15.1 Å². The molecule has 0 fully saturated rings. The average Bonchev–Trinajstić information content (AvgIpc) is 3.07. The van der Waals surface area contributed by atoms with E-state index in [1.807, 2.05) is 5.48 Å². The zero-order valence-electron chi connectivity index (χ0n) is 29.4. The first-order chi connectivity index (χ1) is 23.5. The quantitative estimate of drug-likeness (QED) is 0.0354. The average molecular weight is 687 g/mol. The van der Waals surface area contributed by atoms with Crippen LogP contribution in [-0.4, -0.2) is 72.2 Å². The van der Waals surface area contributed by atoms with Gasteiger partial charge in [-0.15, -0.1) is 5.92 Å². The molecular formula is C37H54N2O10. The molecule has 3 atom stereocenters. The molecule has 12 heteroatoms. The molecule has 0 radical (unpaired) electrons. The van der Waals surface area contributed by atoms with Crippen LogP contribution in [0.4, 0.5) is 0 Å². The first kappa shape index (κ1) is 42.8. The second kappa shape index (κ2) is 24.9. The molecule has 0 aliphatic heterocycles. The fourth-order valence-corrected chi connectivity index (χ4v) is 5.14. The molecule has 12 nitrogen and oxygen atoms in total. The number of aliphatic hydroxyl groups is 1. The molecule has 0 aliphatic carbocycles. The van der Waals surface area contributed by atoms with Crippen LogP contribution in [0.25, 0.3) is 0 Å². The number of esters is 1. The lowest BCUT2D eigenvalue weighted by Crippen LogP contribution is -2.56. The summed E-state index contributed by atoms with van der Waals surface area (Å²) in [7, 11) is 2.29. The summed E-state index contributed by atoms with van der Waals surface area (Å²) in [5.41, 5.74) is -0.276. The van der Waals surface area contributed by atoms with E-state index in [1.165, 1.54) is 18.9 Å². The van der Waals surface area contributed by atoms with E-state index in [0.717, 1.165) is 52.7 Å². The van der Waals surface area contributed by atoms with Crippen LogP contribution in [0.3, 0.4) is 0 Å². The molecule has 272 valence electrons. The molecule has 4 N–H and O–H groups in total. The number of nitrogens with one attached hydrogen (secondary N) is 2. The third kappa shape index (κ3) is 17.1. The smallest absolute Gasteiger partial charge is 0.337 e. The number of hydrogen-bond acceptors (Lipinski definition) is 9. The van der Waals surface area contributed by atoms with Crippen LogP contribution in [0.15, 0.2) is 36.4 Å². The Hall–Kier alpha value is -4.21. The molecule has 0 bridgehead atoms. The number of carboxylic acid groups (broad SMARTS) is 1. The van der Waals surface area contributed by atoms with Crippen molar-refractivity contribution in [3.63, 3.8) is 0 Å². The van der Waals surface area contributed by atoms with Crippen LogP contribution in [0.1, 0.15) is 103 Å². The maximum absolute atomic E-state index is 13.6. The molecular weight excluding hydrogens is 632 g/mol. The van der Waals surface area contributed by atoms with E-state index in [-0.39, 0.29) is 18.8 Å². The minimum atomic E-state index is -2.87. The summed E-state index contributed by atoms with van der Waals surface area (Å²) in [4.78, 5) is 67.7. The lowest BCUT2D eigenvalue weighted by Gasteiger charge is -2.30. The van der Waals surface area contributed by atoms with E-state index in [4.69, 9.17) is 9.47 Å². The van der Waals surface area contributed by atoms with Gasteiger partial charge in [0.25, 0.3) is 0 Å². The van der Waals surface area contributed by atoms with Crippen molar-refractivity contribution in [1.82, 2.24) is 10.8 Å². The Balaban J connectivity index is 2.97. The van der Waals surface area contributed by atoms with Gasteiger partial charge in [0.1, 0.15) is 24.2 Å². The van der Waals surface area contributed by atoms with E-state index in [1.54, 1.807) is 37.3 Å². The number of rotatable bonds is 26. The summed E-state index contributed by atoms with van der Waals surface area (Å²) in [6, 6.07) is 5.51. The first-order valence-corrected chi connectivity index (χ1v) is 17.0. The molecule has 0 saturated heterocycles. The topological polar surface area (TPSA) is 178 Å². The zero-order valence-corrected chi connectivity index (χ0v) is 29.4. The number of ether oxygens (including phenoxy) is 2. The van der Waals surface area contributed by atoms with Gasteiger partial charge in [-0.3, -0.25) is 19.2 Å². The lowest BCUT2D eigenvalue weighted by atomic mass is 9.82. The van der Waals surface area contributed by atoms with Crippen molar-refractivity contribution < 1.29 is 48.5 Å². The highest BCUT2D eigenvalue weighted by Crippen LogP contribution is 2.26. The second-order valence-electron chi connectivity index (χ2n) is 11.8. The Morgan fingerprint density at radius 1 is 0.939 bits per heavy atom. The second-order valence-corrected chi connectivity index (χ2v) is 11.8. The molecule has 0 aliphatic rings. The van der Waals surface area contributed by atoms with Crippen molar-refractivity contribution >= 4 is 29.5 Å². The van der Waals surface area contributed by atoms with Gasteiger partial charge in [0.15, 0.2) is 5.60 Å². The number of carbonyl (C=O) groups excluding carboxylic acids is 4. The van der Waals surface area contributed by atoms with Gasteiger partial charge >= 0.3 is 11.9 Å². The molecule has 1 aromatic carbocycles. The predicted molar refractivity (Wildman–Crippen MR) is 184 cm³/mol. The van der Waals surface area contributed by atoms with Gasteiger partial charge in [-0.05, 0) is 50.3 Å². The van der Waals surface area contributed by atoms with Crippen molar-refractivity contribution in [2.75, 3.05) is 20.8 Å².